The van der Waals surface area contributed by atoms with Crippen molar-refractivity contribution in [2.24, 2.45) is 0 Å². The van der Waals surface area contributed by atoms with Crippen LogP contribution in [0.2, 0.25) is 0 Å². The Morgan fingerprint density at radius 1 is 0.737 bits per heavy atom. The molecule has 0 fully saturated rings. The Hall–Kier alpha value is -0.820. The van der Waals surface area contributed by atoms with Gasteiger partial charge in [0.1, 0.15) is 0 Å². The van der Waals surface area contributed by atoms with Crippen molar-refractivity contribution in [3.05, 3.63) is 35.9 Å². The molecule has 0 bridgehead atoms. The van der Waals surface area contributed by atoms with Crippen LogP contribution in [0.3, 0.4) is 0 Å². The van der Waals surface area contributed by atoms with Gasteiger partial charge in [-0.3, -0.25) is 0 Å². The molecule has 1 heteroatoms. The summed E-state index contributed by atoms with van der Waals surface area (Å²) in [5, 5.41) is 3.55. The minimum atomic E-state index is 1.21. The molecule has 0 radical (unpaired) electrons. The van der Waals surface area contributed by atoms with Gasteiger partial charge < -0.3 is 5.32 Å². The van der Waals surface area contributed by atoms with Gasteiger partial charge in [0.15, 0.2) is 0 Å². The molecule has 0 atom stereocenters. The topological polar surface area (TPSA) is 12.0 Å². The van der Waals surface area contributed by atoms with E-state index in [1.165, 1.54) is 76.4 Å². The van der Waals surface area contributed by atoms with Gasteiger partial charge in [0, 0.05) is 0 Å². The Morgan fingerprint density at radius 3 is 2.05 bits per heavy atom. The average molecular weight is 261 g/mol. The highest BCUT2D eigenvalue weighted by Gasteiger charge is 1.93. The molecule has 0 unspecified atom stereocenters. The van der Waals surface area contributed by atoms with Crippen LogP contribution in [-0.4, -0.2) is 13.1 Å². The first-order valence-corrected chi connectivity index (χ1v) is 8.18. The first-order valence-electron chi connectivity index (χ1n) is 8.18. The molecule has 0 aromatic heterocycles. The summed E-state index contributed by atoms with van der Waals surface area (Å²) in [7, 11) is 0. The second-order valence-electron chi connectivity index (χ2n) is 5.46. The number of aryl methyl sites for hydroxylation is 1. The first-order chi connectivity index (χ1) is 9.43. The van der Waals surface area contributed by atoms with Crippen molar-refractivity contribution in [3.63, 3.8) is 0 Å². The van der Waals surface area contributed by atoms with Crippen LogP contribution >= 0.6 is 0 Å². The Balaban J connectivity index is 1.79. The lowest BCUT2D eigenvalue weighted by molar-refractivity contribution is 0.559. The molecule has 0 heterocycles. The SMILES string of the molecule is CCCCCCNCCCCCCc1ccccc1. The number of hydrogen-bond acceptors (Lipinski definition) is 1. The molecule has 1 nitrogen and oxygen atoms in total. The van der Waals surface area contributed by atoms with Gasteiger partial charge in [0.25, 0.3) is 0 Å². The predicted molar refractivity (Wildman–Crippen MR) is 85.6 cm³/mol. The van der Waals surface area contributed by atoms with Gasteiger partial charge in [-0.15, -0.1) is 0 Å². The lowest BCUT2D eigenvalue weighted by Crippen LogP contribution is -2.16. The number of unbranched alkanes of at least 4 members (excludes halogenated alkanes) is 6. The van der Waals surface area contributed by atoms with Gasteiger partial charge in [0.05, 0.1) is 0 Å². The molecule has 0 aliphatic heterocycles. The summed E-state index contributed by atoms with van der Waals surface area (Å²) in [5.74, 6) is 0. The van der Waals surface area contributed by atoms with Crippen molar-refractivity contribution < 1.29 is 0 Å². The molecule has 0 amide bonds. The van der Waals surface area contributed by atoms with Crippen LogP contribution in [0.25, 0.3) is 0 Å². The van der Waals surface area contributed by atoms with E-state index >= 15 is 0 Å². The molecule has 19 heavy (non-hydrogen) atoms. The van der Waals surface area contributed by atoms with Crippen LogP contribution < -0.4 is 5.32 Å². The van der Waals surface area contributed by atoms with E-state index in [0.29, 0.717) is 0 Å². The van der Waals surface area contributed by atoms with E-state index in [-0.39, 0.29) is 0 Å². The molecule has 108 valence electrons. The second kappa shape index (κ2) is 12.2. The van der Waals surface area contributed by atoms with Gasteiger partial charge in [-0.05, 0) is 44.3 Å². The Morgan fingerprint density at radius 2 is 1.37 bits per heavy atom. The van der Waals surface area contributed by atoms with E-state index in [2.05, 4.69) is 42.6 Å². The molecule has 1 aromatic carbocycles. The Kier molecular flexibility index (Phi) is 10.4. The van der Waals surface area contributed by atoms with E-state index in [1.807, 2.05) is 0 Å². The molecule has 0 spiro atoms. The third-order valence-electron chi connectivity index (χ3n) is 3.62. The number of rotatable bonds is 12. The third-order valence-corrected chi connectivity index (χ3v) is 3.62. The van der Waals surface area contributed by atoms with E-state index in [4.69, 9.17) is 0 Å². The van der Waals surface area contributed by atoms with Crippen molar-refractivity contribution >= 4 is 0 Å². The van der Waals surface area contributed by atoms with Crippen LogP contribution in [0.5, 0.6) is 0 Å². The molecular weight excluding hydrogens is 230 g/mol. The molecular formula is C18H31N. The number of nitrogens with one attached hydrogen (secondary N) is 1. The van der Waals surface area contributed by atoms with Gasteiger partial charge in [-0.2, -0.15) is 0 Å². The largest absolute Gasteiger partial charge is 0.317 e. The zero-order valence-corrected chi connectivity index (χ0v) is 12.7. The van der Waals surface area contributed by atoms with Crippen molar-refractivity contribution in [2.45, 2.75) is 64.7 Å². The van der Waals surface area contributed by atoms with Crippen LogP contribution in [0.1, 0.15) is 63.9 Å². The van der Waals surface area contributed by atoms with E-state index in [9.17, 15) is 0 Å². The van der Waals surface area contributed by atoms with Gasteiger partial charge >= 0.3 is 0 Å². The number of hydrogen-bond donors (Lipinski definition) is 1. The molecule has 1 rings (SSSR count). The highest BCUT2D eigenvalue weighted by Crippen LogP contribution is 2.07. The quantitative estimate of drug-likeness (QED) is 0.524. The van der Waals surface area contributed by atoms with E-state index < -0.39 is 0 Å². The van der Waals surface area contributed by atoms with Gasteiger partial charge in [0.2, 0.25) is 0 Å². The van der Waals surface area contributed by atoms with Crippen molar-refractivity contribution in [1.82, 2.24) is 5.32 Å². The maximum Gasteiger partial charge on any atom is -0.00489 e. The third kappa shape index (κ3) is 9.72. The molecule has 1 aromatic rings. The van der Waals surface area contributed by atoms with Gasteiger partial charge in [-0.25, -0.2) is 0 Å². The lowest BCUT2D eigenvalue weighted by Gasteiger charge is -2.05. The minimum absolute atomic E-state index is 1.21. The molecule has 0 aliphatic carbocycles. The fourth-order valence-corrected chi connectivity index (χ4v) is 2.38. The summed E-state index contributed by atoms with van der Waals surface area (Å²) >= 11 is 0. The van der Waals surface area contributed by atoms with Gasteiger partial charge in [-0.1, -0.05) is 69.4 Å². The first kappa shape index (κ1) is 16.2. The zero-order valence-electron chi connectivity index (χ0n) is 12.7. The van der Waals surface area contributed by atoms with E-state index in [1.54, 1.807) is 0 Å². The van der Waals surface area contributed by atoms with Crippen LogP contribution in [0.15, 0.2) is 30.3 Å². The molecule has 1 N–H and O–H groups in total. The monoisotopic (exact) mass is 261 g/mol. The maximum absolute atomic E-state index is 3.55. The van der Waals surface area contributed by atoms with Crippen LogP contribution in [0.4, 0.5) is 0 Å². The molecule has 0 saturated heterocycles. The standard InChI is InChI=1S/C18H31N/c1-2-3-4-11-16-19-17-12-6-5-8-13-18-14-9-7-10-15-18/h7,9-10,14-15,19H,2-6,8,11-13,16-17H2,1H3. The maximum atomic E-state index is 3.55. The lowest BCUT2D eigenvalue weighted by atomic mass is 10.1. The summed E-state index contributed by atoms with van der Waals surface area (Å²) in [6, 6.07) is 10.8. The zero-order chi connectivity index (χ0) is 13.6. The van der Waals surface area contributed by atoms with Crippen LogP contribution in [0, 0.1) is 0 Å². The summed E-state index contributed by atoms with van der Waals surface area (Å²) < 4.78 is 0. The Bertz CT molecular complexity index is 281. The average Bonchev–Trinajstić information content (AvgIpc) is 2.46. The normalized spacial score (nSPS) is 10.8. The summed E-state index contributed by atoms with van der Waals surface area (Å²) in [6.07, 6.45) is 12.1. The fraction of sp³-hybridized carbons (Fsp3) is 0.667. The molecule has 0 saturated carbocycles. The smallest absolute Gasteiger partial charge is 0.00489 e. The summed E-state index contributed by atoms with van der Waals surface area (Å²) in [4.78, 5) is 0. The summed E-state index contributed by atoms with van der Waals surface area (Å²) in [5.41, 5.74) is 1.48. The van der Waals surface area contributed by atoms with Crippen molar-refractivity contribution in [3.8, 4) is 0 Å². The minimum Gasteiger partial charge on any atom is -0.317 e. The van der Waals surface area contributed by atoms with Crippen molar-refractivity contribution in [1.29, 1.82) is 0 Å². The predicted octanol–water partition coefficient (Wildman–Crippen LogP) is 4.96. The van der Waals surface area contributed by atoms with Crippen LogP contribution in [-0.2, 0) is 6.42 Å². The Labute approximate surface area is 119 Å². The second-order valence-corrected chi connectivity index (χ2v) is 5.46. The number of benzene rings is 1. The molecule has 0 aliphatic rings. The highest BCUT2D eigenvalue weighted by atomic mass is 14.8. The highest BCUT2D eigenvalue weighted by molar-refractivity contribution is 5.14. The van der Waals surface area contributed by atoms with Crippen molar-refractivity contribution in [2.75, 3.05) is 13.1 Å². The van der Waals surface area contributed by atoms with E-state index in [0.717, 1.165) is 0 Å². The fourth-order valence-electron chi connectivity index (χ4n) is 2.38. The summed E-state index contributed by atoms with van der Waals surface area (Å²) in [6.45, 7) is 4.68.